The Bertz CT molecular complexity index is 373. The second kappa shape index (κ2) is 6.54. The molecule has 5 nitrogen and oxygen atoms in total. The van der Waals surface area contributed by atoms with Crippen molar-refractivity contribution in [3.63, 3.8) is 0 Å². The van der Waals surface area contributed by atoms with Crippen LogP contribution < -0.4 is 10.1 Å². The van der Waals surface area contributed by atoms with Crippen molar-refractivity contribution in [3.05, 3.63) is 12.3 Å². The summed E-state index contributed by atoms with van der Waals surface area (Å²) in [6, 6.07) is 2.08. The van der Waals surface area contributed by atoms with Crippen LogP contribution in [0.4, 0.5) is 5.95 Å². The minimum atomic E-state index is 0.258. The number of nitrogens with one attached hydrogen (secondary N) is 1. The zero-order valence-corrected chi connectivity index (χ0v) is 11.1. The van der Waals surface area contributed by atoms with Gasteiger partial charge in [-0.3, -0.25) is 0 Å². The molecule has 2 atom stereocenters. The van der Waals surface area contributed by atoms with Crippen molar-refractivity contribution in [2.45, 2.75) is 44.8 Å². The molecule has 1 aliphatic rings. The fraction of sp³-hybridized carbons (Fsp3) is 0.692. The molecule has 0 aromatic carbocycles. The maximum atomic E-state index is 5.49. The fourth-order valence-corrected chi connectivity index (χ4v) is 2.24. The van der Waals surface area contributed by atoms with E-state index in [9.17, 15) is 0 Å². The quantitative estimate of drug-likeness (QED) is 0.840. The fourth-order valence-electron chi connectivity index (χ4n) is 2.24. The number of rotatable bonds is 6. The molecule has 1 aromatic heterocycles. The lowest BCUT2D eigenvalue weighted by atomic mass is 10.2. The number of nitrogens with zero attached hydrogens (tertiary/aromatic N) is 2. The maximum Gasteiger partial charge on any atom is 0.226 e. The molecule has 0 aliphatic heterocycles. The van der Waals surface area contributed by atoms with Crippen LogP contribution in [0.1, 0.15) is 32.6 Å². The molecule has 2 unspecified atom stereocenters. The Hall–Kier alpha value is -1.36. The van der Waals surface area contributed by atoms with E-state index in [-0.39, 0.29) is 6.10 Å². The van der Waals surface area contributed by atoms with Gasteiger partial charge in [0.25, 0.3) is 0 Å². The predicted octanol–water partition coefficient (Wildman–Crippen LogP) is 2.24. The molecule has 1 N–H and O–H groups in total. The Labute approximate surface area is 108 Å². The Morgan fingerprint density at radius 3 is 3.11 bits per heavy atom. The first kappa shape index (κ1) is 13.1. The SMILES string of the molecule is CCCOc1ccnc(NC2CCCC2OC)n1. The van der Waals surface area contributed by atoms with Gasteiger partial charge in [0.05, 0.1) is 18.8 Å². The average molecular weight is 251 g/mol. The van der Waals surface area contributed by atoms with Gasteiger partial charge in [0.2, 0.25) is 11.8 Å². The molecule has 0 saturated heterocycles. The van der Waals surface area contributed by atoms with E-state index in [4.69, 9.17) is 9.47 Å². The number of hydrogen-bond donors (Lipinski definition) is 1. The normalized spacial score (nSPS) is 23.0. The van der Waals surface area contributed by atoms with Crippen molar-refractivity contribution < 1.29 is 9.47 Å². The van der Waals surface area contributed by atoms with E-state index >= 15 is 0 Å². The Kier molecular flexibility index (Phi) is 4.75. The summed E-state index contributed by atoms with van der Waals surface area (Å²) >= 11 is 0. The average Bonchev–Trinajstić information content (AvgIpc) is 2.84. The molecule has 0 bridgehead atoms. The second-order valence-corrected chi connectivity index (χ2v) is 4.52. The highest BCUT2D eigenvalue weighted by Gasteiger charge is 2.27. The highest BCUT2D eigenvalue weighted by atomic mass is 16.5. The van der Waals surface area contributed by atoms with Crippen LogP contribution in [-0.4, -0.2) is 35.8 Å². The van der Waals surface area contributed by atoms with Gasteiger partial charge in [-0.1, -0.05) is 6.92 Å². The summed E-state index contributed by atoms with van der Waals surface area (Å²) in [5, 5.41) is 3.33. The first-order valence-corrected chi connectivity index (χ1v) is 6.58. The van der Waals surface area contributed by atoms with Gasteiger partial charge >= 0.3 is 0 Å². The zero-order chi connectivity index (χ0) is 12.8. The summed E-state index contributed by atoms with van der Waals surface area (Å²) in [4.78, 5) is 8.56. The van der Waals surface area contributed by atoms with Gasteiger partial charge in [-0.25, -0.2) is 4.98 Å². The maximum absolute atomic E-state index is 5.49. The Morgan fingerprint density at radius 1 is 1.44 bits per heavy atom. The molecule has 1 aliphatic carbocycles. The van der Waals surface area contributed by atoms with Gasteiger partial charge < -0.3 is 14.8 Å². The monoisotopic (exact) mass is 251 g/mol. The molecule has 100 valence electrons. The van der Waals surface area contributed by atoms with Gasteiger partial charge in [0.15, 0.2) is 0 Å². The summed E-state index contributed by atoms with van der Waals surface area (Å²) in [5.74, 6) is 1.25. The van der Waals surface area contributed by atoms with E-state index in [2.05, 4.69) is 22.2 Å². The van der Waals surface area contributed by atoms with Crippen LogP contribution in [0, 0.1) is 0 Å². The van der Waals surface area contributed by atoms with Crippen molar-refractivity contribution >= 4 is 5.95 Å². The first-order valence-electron chi connectivity index (χ1n) is 6.58. The van der Waals surface area contributed by atoms with Crippen molar-refractivity contribution in [2.75, 3.05) is 19.0 Å². The lowest BCUT2D eigenvalue weighted by molar-refractivity contribution is 0.101. The van der Waals surface area contributed by atoms with Crippen molar-refractivity contribution in [2.24, 2.45) is 0 Å². The number of methoxy groups -OCH3 is 1. The molecule has 0 amide bonds. The summed E-state index contributed by atoms with van der Waals surface area (Å²) in [7, 11) is 1.76. The van der Waals surface area contributed by atoms with Gasteiger partial charge in [0, 0.05) is 19.4 Å². The summed E-state index contributed by atoms with van der Waals surface area (Å²) in [5.41, 5.74) is 0. The molecular formula is C13H21N3O2. The molecule has 2 rings (SSSR count). The van der Waals surface area contributed by atoms with Crippen LogP contribution in [0.5, 0.6) is 5.88 Å². The minimum absolute atomic E-state index is 0.258. The molecule has 0 radical (unpaired) electrons. The molecule has 1 heterocycles. The van der Waals surface area contributed by atoms with Gasteiger partial charge in [0.1, 0.15) is 0 Å². The lowest BCUT2D eigenvalue weighted by Crippen LogP contribution is -2.30. The molecule has 1 saturated carbocycles. The van der Waals surface area contributed by atoms with E-state index in [1.54, 1.807) is 19.4 Å². The van der Waals surface area contributed by atoms with E-state index < -0.39 is 0 Å². The Morgan fingerprint density at radius 2 is 2.33 bits per heavy atom. The van der Waals surface area contributed by atoms with Gasteiger partial charge in [-0.2, -0.15) is 4.98 Å². The topological polar surface area (TPSA) is 56.3 Å². The smallest absolute Gasteiger partial charge is 0.226 e. The van der Waals surface area contributed by atoms with Crippen LogP contribution in [0.25, 0.3) is 0 Å². The van der Waals surface area contributed by atoms with Crippen LogP contribution in [0.2, 0.25) is 0 Å². The van der Waals surface area contributed by atoms with Crippen molar-refractivity contribution in [3.8, 4) is 5.88 Å². The lowest BCUT2D eigenvalue weighted by Gasteiger charge is -2.19. The molecular weight excluding hydrogens is 230 g/mol. The second-order valence-electron chi connectivity index (χ2n) is 4.52. The summed E-state index contributed by atoms with van der Waals surface area (Å²) < 4.78 is 10.9. The molecule has 1 aromatic rings. The zero-order valence-electron chi connectivity index (χ0n) is 11.1. The largest absolute Gasteiger partial charge is 0.478 e. The van der Waals surface area contributed by atoms with E-state index in [0.717, 1.165) is 19.3 Å². The summed E-state index contributed by atoms with van der Waals surface area (Å²) in [6.07, 6.45) is 6.33. The van der Waals surface area contributed by atoms with Crippen LogP contribution in [0.15, 0.2) is 12.3 Å². The molecule has 1 fully saturated rings. The third-order valence-electron chi connectivity index (χ3n) is 3.15. The minimum Gasteiger partial charge on any atom is -0.478 e. The van der Waals surface area contributed by atoms with Crippen molar-refractivity contribution in [1.29, 1.82) is 0 Å². The number of anilines is 1. The highest BCUT2D eigenvalue weighted by Crippen LogP contribution is 2.24. The first-order chi connectivity index (χ1) is 8.83. The highest BCUT2D eigenvalue weighted by molar-refractivity contribution is 5.29. The van der Waals surface area contributed by atoms with Crippen LogP contribution in [-0.2, 0) is 4.74 Å². The van der Waals surface area contributed by atoms with Gasteiger partial charge in [-0.15, -0.1) is 0 Å². The molecule has 0 spiro atoms. The van der Waals surface area contributed by atoms with Crippen LogP contribution in [0.3, 0.4) is 0 Å². The number of hydrogen-bond acceptors (Lipinski definition) is 5. The standard InChI is InChI=1S/C13H21N3O2/c1-3-9-18-12-7-8-14-13(16-12)15-10-5-4-6-11(10)17-2/h7-8,10-11H,3-6,9H2,1-2H3,(H,14,15,16). The summed E-state index contributed by atoms with van der Waals surface area (Å²) in [6.45, 7) is 2.75. The van der Waals surface area contributed by atoms with Crippen LogP contribution >= 0.6 is 0 Å². The number of aromatic nitrogens is 2. The number of ether oxygens (including phenoxy) is 2. The molecule has 5 heteroatoms. The third-order valence-corrected chi connectivity index (χ3v) is 3.15. The predicted molar refractivity (Wildman–Crippen MR) is 69.9 cm³/mol. The Balaban J connectivity index is 1.96. The van der Waals surface area contributed by atoms with E-state index in [1.807, 2.05) is 0 Å². The van der Waals surface area contributed by atoms with Gasteiger partial charge in [-0.05, 0) is 25.7 Å². The van der Waals surface area contributed by atoms with E-state index in [1.165, 1.54) is 6.42 Å². The van der Waals surface area contributed by atoms with E-state index in [0.29, 0.717) is 24.5 Å². The van der Waals surface area contributed by atoms with Crippen molar-refractivity contribution in [1.82, 2.24) is 9.97 Å². The molecule has 18 heavy (non-hydrogen) atoms. The third kappa shape index (κ3) is 3.32.